The second kappa shape index (κ2) is 8.05. The average Bonchev–Trinajstić information content (AvgIpc) is 2.52. The summed E-state index contributed by atoms with van der Waals surface area (Å²) in [7, 11) is 3.38. The van der Waals surface area contributed by atoms with Gasteiger partial charge in [0, 0.05) is 17.1 Å². The maximum absolute atomic E-state index is 5.82. The van der Waals surface area contributed by atoms with Crippen LogP contribution in [0.25, 0.3) is 0 Å². The average molecular weight is 351 g/mol. The van der Waals surface area contributed by atoms with E-state index in [-0.39, 0.29) is 0 Å². The number of ether oxygens (including phenoxy) is 3. The van der Waals surface area contributed by atoms with Crippen LogP contribution < -0.4 is 9.47 Å². The van der Waals surface area contributed by atoms with Gasteiger partial charge in [0.05, 0.1) is 13.7 Å². The normalized spacial score (nSPS) is 10.4. The standard InChI is InChI=1S/C17H19BrO3/c1-19-10-9-13-3-6-16(7-4-13)21-12-14-11-15(18)5-8-17(14)20-2/h3-8,11H,9-10,12H2,1-2H3. The third-order valence-corrected chi connectivity index (χ3v) is 3.65. The Morgan fingerprint density at radius 2 is 1.76 bits per heavy atom. The number of hydrogen-bond acceptors (Lipinski definition) is 3. The molecule has 3 nitrogen and oxygen atoms in total. The molecule has 0 saturated carbocycles. The fourth-order valence-corrected chi connectivity index (χ4v) is 2.40. The van der Waals surface area contributed by atoms with Gasteiger partial charge >= 0.3 is 0 Å². The first kappa shape index (κ1) is 15.9. The molecule has 0 heterocycles. The molecule has 0 spiro atoms. The maximum Gasteiger partial charge on any atom is 0.125 e. The van der Waals surface area contributed by atoms with Gasteiger partial charge in [0.25, 0.3) is 0 Å². The van der Waals surface area contributed by atoms with Crippen molar-refractivity contribution in [3.05, 3.63) is 58.1 Å². The van der Waals surface area contributed by atoms with E-state index in [1.54, 1.807) is 14.2 Å². The Labute approximate surface area is 134 Å². The van der Waals surface area contributed by atoms with Crippen molar-refractivity contribution in [3.8, 4) is 11.5 Å². The Morgan fingerprint density at radius 3 is 2.43 bits per heavy atom. The summed E-state index contributed by atoms with van der Waals surface area (Å²) in [5, 5.41) is 0. The van der Waals surface area contributed by atoms with Crippen LogP contribution in [-0.4, -0.2) is 20.8 Å². The van der Waals surface area contributed by atoms with Crippen molar-refractivity contribution in [2.45, 2.75) is 13.0 Å². The maximum atomic E-state index is 5.82. The zero-order valence-corrected chi connectivity index (χ0v) is 13.9. The van der Waals surface area contributed by atoms with Gasteiger partial charge in [-0.25, -0.2) is 0 Å². The van der Waals surface area contributed by atoms with Crippen LogP contribution in [0.4, 0.5) is 0 Å². The molecule has 2 aromatic rings. The molecule has 0 aromatic heterocycles. The highest BCUT2D eigenvalue weighted by molar-refractivity contribution is 9.10. The van der Waals surface area contributed by atoms with Crippen LogP contribution in [0.2, 0.25) is 0 Å². The summed E-state index contributed by atoms with van der Waals surface area (Å²) in [5.74, 6) is 1.67. The minimum atomic E-state index is 0.472. The van der Waals surface area contributed by atoms with Crippen molar-refractivity contribution in [2.75, 3.05) is 20.8 Å². The first-order chi connectivity index (χ1) is 10.2. The summed E-state index contributed by atoms with van der Waals surface area (Å²) < 4.78 is 17.2. The molecule has 4 heteroatoms. The summed E-state index contributed by atoms with van der Waals surface area (Å²) >= 11 is 3.46. The summed E-state index contributed by atoms with van der Waals surface area (Å²) in [4.78, 5) is 0. The number of halogens is 1. The highest BCUT2D eigenvalue weighted by Gasteiger charge is 2.05. The Bertz CT molecular complexity index is 567. The molecule has 0 bridgehead atoms. The van der Waals surface area contributed by atoms with Crippen LogP contribution in [0.15, 0.2) is 46.9 Å². The van der Waals surface area contributed by atoms with Gasteiger partial charge in [0.2, 0.25) is 0 Å². The van der Waals surface area contributed by atoms with Gasteiger partial charge in [-0.2, -0.15) is 0 Å². The van der Waals surface area contributed by atoms with Crippen LogP contribution in [0.1, 0.15) is 11.1 Å². The van der Waals surface area contributed by atoms with E-state index in [9.17, 15) is 0 Å². The number of benzene rings is 2. The minimum Gasteiger partial charge on any atom is -0.496 e. The number of methoxy groups -OCH3 is 2. The highest BCUT2D eigenvalue weighted by Crippen LogP contribution is 2.24. The molecule has 0 unspecified atom stereocenters. The zero-order chi connectivity index (χ0) is 15.1. The van der Waals surface area contributed by atoms with E-state index in [1.807, 2.05) is 30.3 Å². The minimum absolute atomic E-state index is 0.472. The SMILES string of the molecule is COCCc1ccc(OCc2cc(Br)ccc2OC)cc1. The smallest absolute Gasteiger partial charge is 0.125 e. The lowest BCUT2D eigenvalue weighted by Crippen LogP contribution is -1.99. The van der Waals surface area contributed by atoms with Gasteiger partial charge in [-0.1, -0.05) is 28.1 Å². The molecule has 112 valence electrons. The van der Waals surface area contributed by atoms with Gasteiger partial charge in [-0.05, 0) is 42.3 Å². The lowest BCUT2D eigenvalue weighted by Gasteiger charge is -2.11. The van der Waals surface area contributed by atoms with Gasteiger partial charge in [0.15, 0.2) is 0 Å². The van der Waals surface area contributed by atoms with Crippen molar-refractivity contribution in [1.82, 2.24) is 0 Å². The topological polar surface area (TPSA) is 27.7 Å². The molecule has 0 aliphatic heterocycles. The van der Waals surface area contributed by atoms with Crippen molar-refractivity contribution >= 4 is 15.9 Å². The summed E-state index contributed by atoms with van der Waals surface area (Å²) in [6.07, 6.45) is 0.913. The van der Waals surface area contributed by atoms with E-state index >= 15 is 0 Å². The molecule has 0 radical (unpaired) electrons. The van der Waals surface area contributed by atoms with Crippen molar-refractivity contribution in [3.63, 3.8) is 0 Å². The third kappa shape index (κ3) is 4.76. The van der Waals surface area contributed by atoms with Gasteiger partial charge in [-0.3, -0.25) is 0 Å². The van der Waals surface area contributed by atoms with Crippen LogP contribution in [0.5, 0.6) is 11.5 Å². The highest BCUT2D eigenvalue weighted by atomic mass is 79.9. The van der Waals surface area contributed by atoms with Gasteiger partial charge in [-0.15, -0.1) is 0 Å². The van der Waals surface area contributed by atoms with E-state index in [0.717, 1.165) is 34.6 Å². The fraction of sp³-hybridized carbons (Fsp3) is 0.294. The van der Waals surface area contributed by atoms with Crippen LogP contribution in [0.3, 0.4) is 0 Å². The van der Waals surface area contributed by atoms with E-state index in [4.69, 9.17) is 14.2 Å². The zero-order valence-electron chi connectivity index (χ0n) is 12.3. The molecular weight excluding hydrogens is 332 g/mol. The van der Waals surface area contributed by atoms with Crippen LogP contribution in [0, 0.1) is 0 Å². The Morgan fingerprint density at radius 1 is 1.00 bits per heavy atom. The molecule has 0 saturated heterocycles. The summed E-state index contributed by atoms with van der Waals surface area (Å²) in [6.45, 7) is 1.20. The fourth-order valence-electron chi connectivity index (χ4n) is 1.99. The summed E-state index contributed by atoms with van der Waals surface area (Å²) in [6, 6.07) is 14.0. The van der Waals surface area contributed by atoms with Crippen LogP contribution >= 0.6 is 15.9 Å². The molecule has 2 aromatic carbocycles. The Kier molecular flexibility index (Phi) is 6.08. The largest absolute Gasteiger partial charge is 0.496 e. The van der Waals surface area contributed by atoms with E-state index < -0.39 is 0 Å². The lowest BCUT2D eigenvalue weighted by atomic mass is 10.1. The van der Waals surface area contributed by atoms with Crippen molar-refractivity contribution in [1.29, 1.82) is 0 Å². The van der Waals surface area contributed by atoms with E-state index in [0.29, 0.717) is 6.61 Å². The quantitative estimate of drug-likeness (QED) is 0.747. The molecule has 21 heavy (non-hydrogen) atoms. The summed E-state index contributed by atoms with van der Waals surface area (Å²) in [5.41, 5.74) is 2.25. The lowest BCUT2D eigenvalue weighted by molar-refractivity contribution is 0.202. The van der Waals surface area contributed by atoms with E-state index in [1.165, 1.54) is 5.56 Å². The number of rotatable bonds is 7. The molecule has 0 N–H and O–H groups in total. The third-order valence-electron chi connectivity index (χ3n) is 3.15. The molecule has 0 aliphatic carbocycles. The molecular formula is C17H19BrO3. The molecule has 2 rings (SSSR count). The number of hydrogen-bond donors (Lipinski definition) is 0. The predicted octanol–water partition coefficient (Wildman–Crippen LogP) is 4.23. The molecule has 0 aliphatic rings. The van der Waals surface area contributed by atoms with Crippen LogP contribution in [-0.2, 0) is 17.8 Å². The Hall–Kier alpha value is -1.52. The Balaban J connectivity index is 1.98. The molecule has 0 fully saturated rings. The first-order valence-corrected chi connectivity index (χ1v) is 7.55. The van der Waals surface area contributed by atoms with E-state index in [2.05, 4.69) is 28.1 Å². The van der Waals surface area contributed by atoms with Crippen molar-refractivity contribution in [2.24, 2.45) is 0 Å². The second-order valence-corrected chi connectivity index (χ2v) is 5.55. The first-order valence-electron chi connectivity index (χ1n) is 6.76. The monoisotopic (exact) mass is 350 g/mol. The van der Waals surface area contributed by atoms with Crippen molar-refractivity contribution < 1.29 is 14.2 Å². The second-order valence-electron chi connectivity index (χ2n) is 4.63. The molecule has 0 amide bonds. The van der Waals surface area contributed by atoms with Gasteiger partial charge in [0.1, 0.15) is 18.1 Å². The molecule has 0 atom stereocenters. The van der Waals surface area contributed by atoms with Gasteiger partial charge < -0.3 is 14.2 Å². The predicted molar refractivity (Wildman–Crippen MR) is 87.0 cm³/mol.